The molecule has 0 radical (unpaired) electrons. The smallest absolute Gasteiger partial charge is 0.366 e. The van der Waals surface area contributed by atoms with Gasteiger partial charge >= 0.3 is 6.18 Å². The second-order valence-electron chi connectivity index (χ2n) is 12.4. The van der Waals surface area contributed by atoms with Crippen LogP contribution in [0.4, 0.5) is 29.1 Å². The van der Waals surface area contributed by atoms with E-state index in [1.807, 2.05) is 4.90 Å². The molecule has 4 heterocycles. The number of piperazine rings is 2. The summed E-state index contributed by atoms with van der Waals surface area (Å²) in [5, 5.41) is 0. The number of hydrogen-bond acceptors (Lipinski definition) is 7. The van der Waals surface area contributed by atoms with Crippen LogP contribution in [0.2, 0.25) is 0 Å². The summed E-state index contributed by atoms with van der Waals surface area (Å²) >= 11 is 0. The standard InChI is InChI=1S/C31H38F4N6O3/c1-20-18-40(14-15-41(20)23-4-5-26(32)25(17-23)28(36)42)24-6-8-30(44-19-24,21-2-3-21)29(43)39-12-10-38(11-13-39)27-16-22(7-9-37-27)31(33,34)35/h4-5,7,9,16-17,20-21,24H,2-3,6,8,10-15,18-19H2,1H3,(H2,36,42)/t20-,24+,30-/m0/s1. The van der Waals surface area contributed by atoms with Gasteiger partial charge in [0.2, 0.25) is 0 Å². The van der Waals surface area contributed by atoms with Crippen LogP contribution in [0.1, 0.15) is 48.5 Å². The average Bonchev–Trinajstić information content (AvgIpc) is 3.87. The van der Waals surface area contributed by atoms with E-state index in [0.717, 1.165) is 50.2 Å². The van der Waals surface area contributed by atoms with Gasteiger partial charge in [0.15, 0.2) is 0 Å². The molecule has 0 unspecified atom stereocenters. The van der Waals surface area contributed by atoms with Crippen molar-refractivity contribution in [1.82, 2.24) is 14.8 Å². The Bertz CT molecular complexity index is 1390. The minimum Gasteiger partial charge on any atom is -0.366 e. The van der Waals surface area contributed by atoms with E-state index in [2.05, 4.69) is 21.7 Å². The molecule has 2 amide bonds. The number of hydrogen-bond donors (Lipinski definition) is 1. The number of benzene rings is 1. The Morgan fingerprint density at radius 1 is 1.02 bits per heavy atom. The number of pyridine rings is 1. The van der Waals surface area contributed by atoms with Gasteiger partial charge in [0.05, 0.1) is 17.7 Å². The Morgan fingerprint density at radius 2 is 1.77 bits per heavy atom. The molecular formula is C31H38F4N6O3. The molecule has 3 saturated heterocycles. The number of nitrogens with two attached hydrogens (primary N) is 1. The van der Waals surface area contributed by atoms with Crippen molar-refractivity contribution in [3.8, 4) is 0 Å². The molecule has 1 aliphatic carbocycles. The van der Waals surface area contributed by atoms with Crippen molar-refractivity contribution in [3.05, 3.63) is 53.5 Å². The van der Waals surface area contributed by atoms with Gasteiger partial charge in [0.1, 0.15) is 17.2 Å². The molecule has 6 rings (SSSR count). The van der Waals surface area contributed by atoms with Gasteiger partial charge in [-0.3, -0.25) is 14.5 Å². The predicted octanol–water partition coefficient (Wildman–Crippen LogP) is 3.53. The number of halogens is 4. The molecule has 2 aromatic rings. The zero-order valence-electron chi connectivity index (χ0n) is 24.7. The monoisotopic (exact) mass is 618 g/mol. The highest BCUT2D eigenvalue weighted by Crippen LogP contribution is 2.48. The highest BCUT2D eigenvalue weighted by molar-refractivity contribution is 5.94. The Morgan fingerprint density at radius 3 is 2.39 bits per heavy atom. The van der Waals surface area contributed by atoms with Crippen molar-refractivity contribution in [2.75, 3.05) is 62.2 Å². The largest absolute Gasteiger partial charge is 0.416 e. The first kappa shape index (κ1) is 30.6. The highest BCUT2D eigenvalue weighted by atomic mass is 19.4. The Labute approximate surface area is 253 Å². The van der Waals surface area contributed by atoms with Crippen LogP contribution in [0.5, 0.6) is 0 Å². The number of amides is 2. The summed E-state index contributed by atoms with van der Waals surface area (Å²) in [6, 6.07) is 6.75. The van der Waals surface area contributed by atoms with Gasteiger partial charge < -0.3 is 25.2 Å². The van der Waals surface area contributed by atoms with Crippen LogP contribution >= 0.6 is 0 Å². The first-order chi connectivity index (χ1) is 21.0. The normalized spacial score (nSPS) is 27.0. The number of primary amides is 1. The van der Waals surface area contributed by atoms with E-state index >= 15 is 0 Å². The van der Waals surface area contributed by atoms with E-state index < -0.39 is 29.1 Å². The zero-order chi connectivity index (χ0) is 31.2. The van der Waals surface area contributed by atoms with Crippen molar-refractivity contribution in [2.24, 2.45) is 11.7 Å². The summed E-state index contributed by atoms with van der Waals surface area (Å²) in [7, 11) is 0. The molecule has 4 aliphatic rings. The molecule has 1 aromatic carbocycles. The fourth-order valence-corrected chi connectivity index (χ4v) is 7.04. The minimum absolute atomic E-state index is 0.00477. The van der Waals surface area contributed by atoms with Crippen LogP contribution in [0.3, 0.4) is 0 Å². The number of rotatable bonds is 6. The minimum atomic E-state index is -4.44. The fourth-order valence-electron chi connectivity index (χ4n) is 7.04. The third kappa shape index (κ3) is 5.95. The number of carbonyl (C=O) groups is 2. The molecule has 9 nitrogen and oxygen atoms in total. The van der Waals surface area contributed by atoms with Gasteiger partial charge in [0.25, 0.3) is 11.8 Å². The highest BCUT2D eigenvalue weighted by Gasteiger charge is 2.56. The Balaban J connectivity index is 1.05. The molecule has 0 spiro atoms. The van der Waals surface area contributed by atoms with E-state index in [9.17, 15) is 27.2 Å². The average molecular weight is 619 g/mol. The lowest BCUT2D eigenvalue weighted by Crippen LogP contribution is -2.62. The van der Waals surface area contributed by atoms with E-state index in [1.54, 1.807) is 11.0 Å². The maximum absolute atomic E-state index is 14.0. The van der Waals surface area contributed by atoms with Crippen LogP contribution in [0.15, 0.2) is 36.5 Å². The summed E-state index contributed by atoms with van der Waals surface area (Å²) in [5.74, 6) is -0.973. The number of anilines is 2. The lowest BCUT2D eigenvalue weighted by molar-refractivity contribution is -0.176. The molecule has 44 heavy (non-hydrogen) atoms. The topological polar surface area (TPSA) is 95.2 Å². The van der Waals surface area contributed by atoms with Crippen LogP contribution in [0.25, 0.3) is 0 Å². The third-order valence-electron chi connectivity index (χ3n) is 9.67. The fraction of sp³-hybridized carbons (Fsp3) is 0.581. The van der Waals surface area contributed by atoms with Gasteiger partial charge in [-0.05, 0) is 68.9 Å². The molecule has 1 saturated carbocycles. The first-order valence-corrected chi connectivity index (χ1v) is 15.3. The summed E-state index contributed by atoms with van der Waals surface area (Å²) < 4.78 is 60.1. The molecule has 2 N–H and O–H groups in total. The molecule has 1 aromatic heterocycles. The summed E-state index contributed by atoms with van der Waals surface area (Å²) in [4.78, 5) is 37.9. The zero-order valence-corrected chi connectivity index (χ0v) is 24.7. The molecule has 0 bridgehead atoms. The van der Waals surface area contributed by atoms with E-state index in [4.69, 9.17) is 10.5 Å². The van der Waals surface area contributed by atoms with Crippen LogP contribution < -0.4 is 15.5 Å². The van der Waals surface area contributed by atoms with Crippen molar-refractivity contribution in [3.63, 3.8) is 0 Å². The molecule has 13 heteroatoms. The lowest BCUT2D eigenvalue weighted by atomic mass is 9.85. The number of alkyl halides is 3. The number of aromatic nitrogens is 1. The van der Waals surface area contributed by atoms with Gasteiger partial charge in [0, 0.05) is 69.8 Å². The van der Waals surface area contributed by atoms with Crippen molar-refractivity contribution < 1.29 is 31.9 Å². The van der Waals surface area contributed by atoms with Gasteiger partial charge in [-0.1, -0.05) is 0 Å². The van der Waals surface area contributed by atoms with Gasteiger partial charge in [-0.25, -0.2) is 9.37 Å². The van der Waals surface area contributed by atoms with Gasteiger partial charge in [-0.2, -0.15) is 13.2 Å². The summed E-state index contributed by atoms with van der Waals surface area (Å²) in [6.07, 6.45) is 0.0902. The van der Waals surface area contributed by atoms with E-state index in [1.165, 1.54) is 18.3 Å². The molecule has 3 atom stereocenters. The number of nitrogens with zero attached hydrogens (tertiary/aromatic N) is 5. The maximum atomic E-state index is 14.0. The summed E-state index contributed by atoms with van der Waals surface area (Å²) in [5.41, 5.74) is 4.41. The Hall–Kier alpha value is -3.45. The molecular weight excluding hydrogens is 580 g/mol. The quantitative estimate of drug-likeness (QED) is 0.496. The lowest BCUT2D eigenvalue weighted by Gasteiger charge is -2.49. The summed E-state index contributed by atoms with van der Waals surface area (Å²) in [6.45, 7) is 6.36. The van der Waals surface area contributed by atoms with Crippen molar-refractivity contribution in [2.45, 2.75) is 56.5 Å². The molecule has 238 valence electrons. The third-order valence-corrected chi connectivity index (χ3v) is 9.67. The number of carbonyl (C=O) groups excluding carboxylic acids is 2. The van der Waals surface area contributed by atoms with Crippen LogP contribution in [-0.4, -0.2) is 96.7 Å². The van der Waals surface area contributed by atoms with E-state index in [-0.39, 0.29) is 35.3 Å². The van der Waals surface area contributed by atoms with Crippen LogP contribution in [0, 0.1) is 11.7 Å². The van der Waals surface area contributed by atoms with Gasteiger partial charge in [-0.15, -0.1) is 0 Å². The van der Waals surface area contributed by atoms with Crippen LogP contribution in [-0.2, 0) is 15.7 Å². The molecule has 3 aliphatic heterocycles. The van der Waals surface area contributed by atoms with Crippen molar-refractivity contribution >= 4 is 23.3 Å². The number of ether oxygens (including phenoxy) is 1. The van der Waals surface area contributed by atoms with E-state index in [0.29, 0.717) is 45.8 Å². The van der Waals surface area contributed by atoms with Crippen molar-refractivity contribution in [1.29, 1.82) is 0 Å². The molecule has 4 fully saturated rings. The first-order valence-electron chi connectivity index (χ1n) is 15.3. The maximum Gasteiger partial charge on any atom is 0.416 e. The second kappa shape index (κ2) is 11.8. The second-order valence-corrected chi connectivity index (χ2v) is 12.4. The SMILES string of the molecule is C[C@H]1CN([C@@H]2CC[C@@](C(=O)N3CCN(c4cc(C(F)(F)F)ccn4)CC3)(C3CC3)OC2)CCN1c1ccc(F)c(C(N)=O)c1. The predicted molar refractivity (Wildman–Crippen MR) is 156 cm³/mol. The Kier molecular flexibility index (Phi) is 8.20.